The largest absolute Gasteiger partial charge is 0.482 e. The van der Waals surface area contributed by atoms with Gasteiger partial charge < -0.3 is 15.4 Å². The highest BCUT2D eigenvalue weighted by Crippen LogP contribution is 2.35. The molecule has 4 rings (SSSR count). The van der Waals surface area contributed by atoms with Gasteiger partial charge in [-0.25, -0.2) is 0 Å². The zero-order valence-corrected chi connectivity index (χ0v) is 15.9. The third-order valence-electron chi connectivity index (χ3n) is 6.26. The first-order chi connectivity index (χ1) is 13.2. The maximum Gasteiger partial charge on any atom is 0.262 e. The molecule has 1 aliphatic carbocycles. The molecule has 1 saturated carbocycles. The minimum absolute atomic E-state index is 0.0247. The van der Waals surface area contributed by atoms with Crippen molar-refractivity contribution in [1.29, 1.82) is 0 Å². The second-order valence-electron chi connectivity index (χ2n) is 8.06. The quantitative estimate of drug-likeness (QED) is 0.854. The highest BCUT2D eigenvalue weighted by atomic mass is 16.5. The lowest BCUT2D eigenvalue weighted by Gasteiger charge is -2.48. The predicted octanol–water partition coefficient (Wildman–Crippen LogP) is 2.94. The molecule has 3 aliphatic rings. The summed E-state index contributed by atoms with van der Waals surface area (Å²) >= 11 is 0. The van der Waals surface area contributed by atoms with Crippen LogP contribution in [0.1, 0.15) is 61.7 Å². The third kappa shape index (κ3) is 3.95. The van der Waals surface area contributed by atoms with E-state index in [9.17, 15) is 9.59 Å². The summed E-state index contributed by atoms with van der Waals surface area (Å²) in [4.78, 5) is 26.9. The minimum atomic E-state index is -0.189. The molecule has 2 fully saturated rings. The van der Waals surface area contributed by atoms with Gasteiger partial charge in [0.05, 0.1) is 5.69 Å². The second-order valence-corrected chi connectivity index (χ2v) is 8.06. The zero-order valence-electron chi connectivity index (χ0n) is 15.9. The molecule has 2 N–H and O–H groups in total. The molecule has 2 amide bonds. The Morgan fingerprint density at radius 1 is 1.11 bits per heavy atom. The van der Waals surface area contributed by atoms with Crippen LogP contribution in [0.3, 0.4) is 0 Å². The van der Waals surface area contributed by atoms with Gasteiger partial charge in [0, 0.05) is 17.6 Å². The molecular formula is C21H29N3O3. The maximum atomic E-state index is 12.8. The lowest BCUT2D eigenvalue weighted by molar-refractivity contribution is -0.118. The van der Waals surface area contributed by atoms with Gasteiger partial charge in [0.1, 0.15) is 5.75 Å². The molecule has 1 aromatic rings. The van der Waals surface area contributed by atoms with Gasteiger partial charge in [0.15, 0.2) is 6.61 Å². The first kappa shape index (κ1) is 18.3. The van der Waals surface area contributed by atoms with Gasteiger partial charge in [-0.1, -0.05) is 25.7 Å². The van der Waals surface area contributed by atoms with Crippen LogP contribution in [0.4, 0.5) is 5.69 Å². The van der Waals surface area contributed by atoms with Crippen molar-refractivity contribution < 1.29 is 14.3 Å². The molecule has 2 heterocycles. The number of fused-ring (bicyclic) bond motifs is 1. The van der Waals surface area contributed by atoms with E-state index in [2.05, 4.69) is 15.5 Å². The van der Waals surface area contributed by atoms with E-state index in [4.69, 9.17) is 4.74 Å². The molecule has 6 nitrogen and oxygen atoms in total. The molecule has 2 aliphatic heterocycles. The molecule has 0 bridgehead atoms. The fourth-order valence-corrected chi connectivity index (χ4v) is 4.75. The Labute approximate surface area is 160 Å². The average molecular weight is 371 g/mol. The molecule has 0 atom stereocenters. The van der Waals surface area contributed by atoms with Crippen molar-refractivity contribution in [2.45, 2.75) is 56.9 Å². The van der Waals surface area contributed by atoms with Gasteiger partial charge in [0.25, 0.3) is 11.8 Å². The lowest BCUT2D eigenvalue weighted by Crippen LogP contribution is -2.58. The third-order valence-corrected chi connectivity index (χ3v) is 6.26. The average Bonchev–Trinajstić information content (AvgIpc) is 2.73. The summed E-state index contributed by atoms with van der Waals surface area (Å²) in [7, 11) is 0. The van der Waals surface area contributed by atoms with Crippen molar-refractivity contribution in [1.82, 2.24) is 10.2 Å². The molecule has 0 aromatic heterocycles. The van der Waals surface area contributed by atoms with Crippen molar-refractivity contribution in [2.24, 2.45) is 0 Å². The van der Waals surface area contributed by atoms with Crippen LogP contribution in [0.5, 0.6) is 5.75 Å². The summed E-state index contributed by atoms with van der Waals surface area (Å²) in [5.74, 6) is 0.342. The number of carbonyl (C=O) groups excluding carboxylic acids is 2. The van der Waals surface area contributed by atoms with Gasteiger partial charge in [-0.3, -0.25) is 14.5 Å². The fourth-order valence-electron chi connectivity index (χ4n) is 4.75. The zero-order chi connectivity index (χ0) is 18.7. The van der Waals surface area contributed by atoms with Crippen LogP contribution < -0.4 is 15.4 Å². The van der Waals surface area contributed by atoms with Crippen molar-refractivity contribution in [3.63, 3.8) is 0 Å². The van der Waals surface area contributed by atoms with Gasteiger partial charge >= 0.3 is 0 Å². The van der Waals surface area contributed by atoms with Crippen molar-refractivity contribution in [3.05, 3.63) is 23.8 Å². The van der Waals surface area contributed by atoms with Gasteiger partial charge in [0.2, 0.25) is 0 Å². The number of carbonyl (C=O) groups is 2. The number of rotatable bonds is 4. The molecule has 27 heavy (non-hydrogen) atoms. The van der Waals surface area contributed by atoms with Gasteiger partial charge in [-0.05, 0) is 57.0 Å². The summed E-state index contributed by atoms with van der Waals surface area (Å²) in [6, 6.07) is 5.22. The highest BCUT2D eigenvalue weighted by molar-refractivity contribution is 5.99. The van der Waals surface area contributed by atoms with E-state index in [1.165, 1.54) is 51.4 Å². The smallest absolute Gasteiger partial charge is 0.262 e. The Balaban J connectivity index is 1.45. The molecular weight excluding hydrogens is 342 g/mol. The molecule has 0 radical (unpaired) electrons. The number of nitrogens with one attached hydrogen (secondary N) is 2. The van der Waals surface area contributed by atoms with Crippen molar-refractivity contribution >= 4 is 17.5 Å². The van der Waals surface area contributed by atoms with Gasteiger partial charge in [-0.2, -0.15) is 0 Å². The van der Waals surface area contributed by atoms with E-state index >= 15 is 0 Å². The Hall–Kier alpha value is -2.08. The topological polar surface area (TPSA) is 70.7 Å². The van der Waals surface area contributed by atoms with Crippen LogP contribution >= 0.6 is 0 Å². The molecule has 146 valence electrons. The SMILES string of the molecule is O=C1COc2ccc(C(=O)NCC3(N4CCCCC4)CCCCC3)cc2N1. The molecule has 0 spiro atoms. The van der Waals surface area contributed by atoms with E-state index in [0.717, 1.165) is 13.1 Å². The van der Waals surface area contributed by atoms with Gasteiger partial charge in [-0.15, -0.1) is 0 Å². The summed E-state index contributed by atoms with van der Waals surface area (Å²) in [5.41, 5.74) is 1.24. The van der Waals surface area contributed by atoms with E-state index in [1.807, 2.05) is 0 Å². The highest BCUT2D eigenvalue weighted by Gasteiger charge is 2.38. The van der Waals surface area contributed by atoms with Crippen molar-refractivity contribution in [3.8, 4) is 5.75 Å². The number of benzene rings is 1. The second kappa shape index (κ2) is 7.89. The number of hydrogen-bond donors (Lipinski definition) is 2. The van der Waals surface area contributed by atoms with E-state index in [0.29, 0.717) is 23.5 Å². The normalized spacial score (nSPS) is 22.3. The molecule has 1 aromatic carbocycles. The Kier molecular flexibility index (Phi) is 5.34. The molecule has 0 unspecified atom stereocenters. The molecule has 1 saturated heterocycles. The Bertz CT molecular complexity index is 707. The number of piperidine rings is 1. The van der Waals surface area contributed by atoms with Crippen LogP contribution in [-0.2, 0) is 4.79 Å². The number of likely N-dealkylation sites (tertiary alicyclic amines) is 1. The molecule has 6 heteroatoms. The van der Waals surface area contributed by atoms with Crippen LogP contribution in [0.25, 0.3) is 0 Å². The lowest BCUT2D eigenvalue weighted by atomic mass is 9.79. The van der Waals surface area contributed by atoms with E-state index in [-0.39, 0.29) is 24.0 Å². The number of anilines is 1. The standard InChI is InChI=1S/C21H29N3O3/c25-19-14-27-18-8-7-16(13-17(18)23-19)20(26)22-15-21(9-3-1-4-10-21)24-11-5-2-6-12-24/h7-8,13H,1-6,9-12,14-15H2,(H,22,26)(H,23,25). The van der Waals surface area contributed by atoms with Crippen LogP contribution in [0, 0.1) is 0 Å². The summed E-state index contributed by atoms with van der Waals surface area (Å²) in [5, 5.41) is 5.96. The summed E-state index contributed by atoms with van der Waals surface area (Å²) in [6.45, 7) is 3.03. The minimum Gasteiger partial charge on any atom is -0.482 e. The first-order valence-electron chi connectivity index (χ1n) is 10.3. The predicted molar refractivity (Wildman–Crippen MR) is 104 cm³/mol. The first-order valence-corrected chi connectivity index (χ1v) is 10.3. The summed E-state index contributed by atoms with van der Waals surface area (Å²) < 4.78 is 5.37. The fraction of sp³-hybridized carbons (Fsp3) is 0.619. The van der Waals surface area contributed by atoms with Crippen LogP contribution in [0.2, 0.25) is 0 Å². The summed E-state index contributed by atoms with van der Waals surface area (Å²) in [6.07, 6.45) is 9.97. The van der Waals surface area contributed by atoms with Crippen molar-refractivity contribution in [2.75, 3.05) is 31.6 Å². The van der Waals surface area contributed by atoms with E-state index < -0.39 is 0 Å². The maximum absolute atomic E-state index is 12.8. The Morgan fingerprint density at radius 2 is 1.85 bits per heavy atom. The van der Waals surface area contributed by atoms with Crippen LogP contribution in [-0.4, -0.2) is 48.5 Å². The monoisotopic (exact) mass is 371 g/mol. The number of amides is 2. The Morgan fingerprint density at radius 3 is 2.63 bits per heavy atom. The number of nitrogens with zero attached hydrogens (tertiary/aromatic N) is 1. The number of ether oxygens (including phenoxy) is 1. The van der Waals surface area contributed by atoms with E-state index in [1.54, 1.807) is 18.2 Å². The van der Waals surface area contributed by atoms with Crippen LogP contribution in [0.15, 0.2) is 18.2 Å². The number of hydrogen-bond acceptors (Lipinski definition) is 4.